The Labute approximate surface area is 337 Å². The number of hydrogen-bond donors (Lipinski definition) is 15. The Balaban J connectivity index is 1.99. The van der Waals surface area contributed by atoms with E-state index in [4.69, 9.17) is 42.6 Å². The molecule has 3 aliphatic rings. The fourth-order valence-electron chi connectivity index (χ4n) is 6.51. The molecule has 26 nitrogen and oxygen atoms in total. The Hall–Kier alpha value is -1.94. The molecule has 3 saturated heterocycles. The van der Waals surface area contributed by atoms with Crippen LogP contribution in [0.1, 0.15) is 13.8 Å². The summed E-state index contributed by atoms with van der Waals surface area (Å²) in [6, 6.07) is -1.31. The van der Waals surface area contributed by atoms with Crippen molar-refractivity contribution in [2.75, 3.05) is 59.9 Å². The monoisotopic (exact) mass is 868 g/mol. The van der Waals surface area contributed by atoms with E-state index in [1.165, 1.54) is 0 Å². The third kappa shape index (κ3) is 13.5. The van der Waals surface area contributed by atoms with E-state index in [9.17, 15) is 76.0 Å². The number of nitrogens with one attached hydrogen (secondary N) is 2. The maximum absolute atomic E-state index is 11.8. The largest absolute Gasteiger partial charge is 0.394 e. The molecule has 346 valence electrons. The van der Waals surface area contributed by atoms with Crippen LogP contribution in [0.2, 0.25) is 0 Å². The van der Waals surface area contributed by atoms with E-state index in [2.05, 4.69) is 10.6 Å². The minimum atomic E-state index is -2.09. The highest BCUT2D eigenvalue weighted by molar-refractivity contribution is 5.73. The van der Waals surface area contributed by atoms with E-state index in [1.807, 2.05) is 0 Å². The summed E-state index contributed by atoms with van der Waals surface area (Å²) in [6.07, 6.45) is -33.7. The number of aliphatic hydroxyl groups excluding tert-OH is 13. The molecule has 0 aliphatic carbocycles. The highest BCUT2D eigenvalue weighted by Gasteiger charge is 2.54. The van der Waals surface area contributed by atoms with Crippen molar-refractivity contribution >= 4 is 11.8 Å². The maximum atomic E-state index is 11.8. The van der Waals surface area contributed by atoms with Crippen LogP contribution in [0.25, 0.3) is 0 Å². The molecule has 0 aromatic heterocycles. The summed E-state index contributed by atoms with van der Waals surface area (Å²) in [4.78, 5) is 23.4. The van der Waals surface area contributed by atoms with Crippen LogP contribution in [0.5, 0.6) is 0 Å². The molecule has 15 N–H and O–H groups in total. The van der Waals surface area contributed by atoms with Gasteiger partial charge >= 0.3 is 0 Å². The second-order valence-corrected chi connectivity index (χ2v) is 14.0. The Bertz CT molecular complexity index is 1240. The van der Waals surface area contributed by atoms with Crippen molar-refractivity contribution in [3.05, 3.63) is 0 Å². The lowest BCUT2D eigenvalue weighted by Crippen LogP contribution is -2.66. The Morgan fingerprint density at radius 1 is 0.661 bits per heavy atom. The Morgan fingerprint density at radius 2 is 1.25 bits per heavy atom. The first-order valence-corrected chi connectivity index (χ1v) is 18.7. The van der Waals surface area contributed by atoms with Gasteiger partial charge in [0.25, 0.3) is 0 Å². The third-order valence-electron chi connectivity index (χ3n) is 9.65. The van der Waals surface area contributed by atoms with Gasteiger partial charge in [-0.3, -0.25) is 9.59 Å². The van der Waals surface area contributed by atoms with E-state index in [0.29, 0.717) is 0 Å². The number of rotatable bonds is 23. The second kappa shape index (κ2) is 24.6. The normalized spacial score (nSPS) is 37.9. The third-order valence-corrected chi connectivity index (χ3v) is 9.65. The van der Waals surface area contributed by atoms with Gasteiger partial charge in [0.05, 0.1) is 46.2 Å². The molecule has 3 heterocycles. The topological polar surface area (TPSA) is 404 Å². The van der Waals surface area contributed by atoms with Crippen LogP contribution in [0.4, 0.5) is 0 Å². The Kier molecular flexibility index (Phi) is 21.5. The number of ether oxygens (including phenoxy) is 9. The molecule has 0 bridgehead atoms. The summed E-state index contributed by atoms with van der Waals surface area (Å²) >= 11 is 0. The Morgan fingerprint density at radius 3 is 1.78 bits per heavy atom. The molecule has 59 heavy (non-hydrogen) atoms. The molecule has 0 radical (unpaired) electrons. The average molecular weight is 869 g/mol. The minimum Gasteiger partial charge on any atom is -0.394 e. The zero-order valence-corrected chi connectivity index (χ0v) is 32.5. The van der Waals surface area contributed by atoms with Crippen molar-refractivity contribution in [1.82, 2.24) is 10.6 Å². The summed E-state index contributed by atoms with van der Waals surface area (Å²) < 4.78 is 51.0. The molecule has 3 aliphatic heterocycles. The van der Waals surface area contributed by atoms with E-state index in [-0.39, 0.29) is 0 Å². The van der Waals surface area contributed by atoms with Gasteiger partial charge in [-0.25, -0.2) is 0 Å². The molecule has 20 atom stereocenters. The predicted octanol–water partition coefficient (Wildman–Crippen LogP) is -9.82. The quantitative estimate of drug-likeness (QED) is 0.0424. The first-order chi connectivity index (χ1) is 28.0. The van der Waals surface area contributed by atoms with Crippen molar-refractivity contribution in [2.24, 2.45) is 0 Å². The number of amides is 2. The number of aliphatic hydroxyl groups is 13. The van der Waals surface area contributed by atoms with Crippen molar-refractivity contribution in [3.63, 3.8) is 0 Å². The molecule has 3 rings (SSSR count). The van der Waals surface area contributed by atoms with Crippen LogP contribution in [0.15, 0.2) is 0 Å². The van der Waals surface area contributed by atoms with Crippen LogP contribution in [0.3, 0.4) is 0 Å². The van der Waals surface area contributed by atoms with Crippen LogP contribution in [0, 0.1) is 0 Å². The van der Waals surface area contributed by atoms with E-state index >= 15 is 0 Å². The number of carbonyl (C=O) groups is 2. The van der Waals surface area contributed by atoms with Gasteiger partial charge < -0.3 is 120 Å². The van der Waals surface area contributed by atoms with Crippen LogP contribution in [-0.4, -0.2) is 261 Å². The first-order valence-electron chi connectivity index (χ1n) is 18.7. The smallest absolute Gasteiger partial charge is 0.217 e. The fraction of sp³-hybridized carbons (Fsp3) is 0.939. The highest BCUT2D eigenvalue weighted by atomic mass is 16.8. The van der Waals surface area contributed by atoms with E-state index in [1.54, 1.807) is 0 Å². The highest BCUT2D eigenvalue weighted by Crippen LogP contribution is 2.33. The van der Waals surface area contributed by atoms with Gasteiger partial charge in [-0.15, -0.1) is 0 Å². The molecule has 0 spiro atoms. The molecule has 0 aromatic carbocycles. The van der Waals surface area contributed by atoms with E-state index < -0.39 is 187 Å². The van der Waals surface area contributed by atoms with E-state index in [0.717, 1.165) is 21.0 Å². The lowest BCUT2D eigenvalue weighted by molar-refractivity contribution is -0.377. The fourth-order valence-corrected chi connectivity index (χ4v) is 6.51. The molecule has 2 amide bonds. The van der Waals surface area contributed by atoms with Gasteiger partial charge in [-0.2, -0.15) is 0 Å². The molecule has 3 fully saturated rings. The predicted molar refractivity (Wildman–Crippen MR) is 187 cm³/mol. The van der Waals surface area contributed by atoms with Crippen molar-refractivity contribution in [2.45, 2.75) is 137 Å². The van der Waals surface area contributed by atoms with Crippen molar-refractivity contribution < 1.29 is 119 Å². The van der Waals surface area contributed by atoms with Gasteiger partial charge in [0, 0.05) is 27.5 Å². The molecule has 0 aromatic rings. The number of hydrogen-bond acceptors (Lipinski definition) is 24. The summed E-state index contributed by atoms with van der Waals surface area (Å²) in [6.45, 7) is -3.53. The van der Waals surface area contributed by atoms with Gasteiger partial charge in [-0.1, -0.05) is 0 Å². The summed E-state index contributed by atoms with van der Waals surface area (Å²) in [5, 5.41) is 141. The summed E-state index contributed by atoms with van der Waals surface area (Å²) in [7, 11) is 1.11. The lowest BCUT2D eigenvalue weighted by Gasteiger charge is -2.48. The number of carbonyl (C=O) groups excluding carboxylic acids is 2. The lowest BCUT2D eigenvalue weighted by atomic mass is 9.96. The molecular formula is C33H60N2O24. The standard InChI is InChI=1S/C33H60N2O24/c1-12(41)34-6-15(43)26(16(44)8-38)57-31-25(50)27(58-33-28(51-3)23(48)20(45)18(10-40)55-33)22(47)19(56-31)11-53-32-29(24(49)21(46)17(9-39)54-32)59-30(52-5-4-36)14(7-37)35-13(2)42/h14-33,36-40,43-50H,4-11H2,1-3H3,(H,34,41)(H,35,42)/t14?,15?,16?,17?,18?,19?,20-,21-,22-,23?,24?,25?,26+,27?,28?,29?,30+,31+,32+,33-/m1/s1. The molecule has 0 saturated carbocycles. The van der Waals surface area contributed by atoms with Crippen LogP contribution >= 0.6 is 0 Å². The van der Waals surface area contributed by atoms with Gasteiger partial charge in [-0.05, 0) is 0 Å². The van der Waals surface area contributed by atoms with Crippen LogP contribution in [-0.2, 0) is 52.2 Å². The minimum absolute atomic E-state index is 0.403. The maximum Gasteiger partial charge on any atom is 0.217 e. The molecule has 12 unspecified atom stereocenters. The van der Waals surface area contributed by atoms with Crippen molar-refractivity contribution in [1.29, 1.82) is 0 Å². The van der Waals surface area contributed by atoms with Crippen LogP contribution < -0.4 is 10.6 Å². The zero-order chi connectivity index (χ0) is 44.1. The van der Waals surface area contributed by atoms with Gasteiger partial charge in [0.1, 0.15) is 97.6 Å². The first kappa shape index (κ1) is 51.4. The summed E-state index contributed by atoms with van der Waals surface area (Å²) in [5.41, 5.74) is 0. The van der Waals surface area contributed by atoms with Gasteiger partial charge in [0.15, 0.2) is 25.2 Å². The van der Waals surface area contributed by atoms with Crippen molar-refractivity contribution in [3.8, 4) is 0 Å². The second-order valence-electron chi connectivity index (χ2n) is 14.0. The molecule has 26 heteroatoms. The summed E-state index contributed by atoms with van der Waals surface area (Å²) in [5.74, 6) is -1.22. The molecular weight excluding hydrogens is 808 g/mol. The SMILES string of the molecule is COC1C(O)[C@H](O)C(CO)O[C@@H]1OC1C(O)[C@H](O[C@H](C(O)CO)C(O)CNC(C)=O)OC(CO[C@H]2OC(CO)[C@@H](O)C(O)C2O[C@H](OCCO)C(CO)NC(C)=O)[C@H]1O. The number of methoxy groups -OCH3 is 1. The average Bonchev–Trinajstić information content (AvgIpc) is 3.21. The van der Waals surface area contributed by atoms with Gasteiger partial charge in [0.2, 0.25) is 11.8 Å². The zero-order valence-electron chi connectivity index (χ0n) is 32.5.